The molecule has 0 aliphatic heterocycles. The molecule has 1 aromatic rings. The average molecular weight is 280 g/mol. The normalized spacial score (nSPS) is 11.0. The molecule has 4 heteroatoms. The summed E-state index contributed by atoms with van der Waals surface area (Å²) in [6.45, 7) is 4.96. The Morgan fingerprint density at radius 3 is 2.47 bits per heavy atom. The summed E-state index contributed by atoms with van der Waals surface area (Å²) in [7, 11) is 0. The minimum absolute atomic E-state index is 0. The third-order valence-electron chi connectivity index (χ3n) is 2.41. The van der Waals surface area contributed by atoms with Crippen LogP contribution in [-0.4, -0.2) is 12.6 Å². The van der Waals surface area contributed by atoms with E-state index in [1.165, 1.54) is 5.56 Å². The van der Waals surface area contributed by atoms with Crippen LogP contribution in [0, 0.1) is 0 Å². The number of rotatable bonds is 6. The van der Waals surface area contributed by atoms with Gasteiger partial charge in [-0.2, -0.15) is 0 Å². The fourth-order valence-corrected chi connectivity index (χ4v) is 1.66. The summed E-state index contributed by atoms with van der Waals surface area (Å²) in [6.07, 6.45) is 3.42. The summed E-state index contributed by atoms with van der Waals surface area (Å²) in [4.78, 5) is 0. The Morgan fingerprint density at radius 1 is 1.24 bits per heavy atom. The zero-order valence-electron chi connectivity index (χ0n) is 10.5. The summed E-state index contributed by atoms with van der Waals surface area (Å²) >= 11 is 0. The summed E-state index contributed by atoms with van der Waals surface area (Å²) in [5, 5.41) is 0. The van der Waals surface area contributed by atoms with E-state index in [1.54, 1.807) is 0 Å². The van der Waals surface area contributed by atoms with Crippen LogP contribution >= 0.6 is 24.8 Å². The fourth-order valence-electron chi connectivity index (χ4n) is 1.66. The van der Waals surface area contributed by atoms with Crippen molar-refractivity contribution in [3.05, 3.63) is 29.8 Å². The van der Waals surface area contributed by atoms with Crippen LogP contribution in [0.4, 0.5) is 0 Å². The number of halogens is 2. The molecule has 0 amide bonds. The highest BCUT2D eigenvalue weighted by Gasteiger charge is 2.06. The van der Waals surface area contributed by atoms with Crippen LogP contribution in [0.1, 0.15) is 32.3 Å². The monoisotopic (exact) mass is 279 g/mol. The zero-order chi connectivity index (χ0) is 11.1. The Hall–Kier alpha value is -0.440. The molecule has 0 fully saturated rings. The fraction of sp³-hybridized carbons (Fsp3) is 0.538. The average Bonchev–Trinajstić information content (AvgIpc) is 2.21. The van der Waals surface area contributed by atoms with E-state index in [0.29, 0.717) is 6.54 Å². The van der Waals surface area contributed by atoms with Gasteiger partial charge in [0.25, 0.3) is 0 Å². The first-order chi connectivity index (χ1) is 7.27. The molecule has 0 saturated heterocycles. The molecule has 1 rings (SSSR count). The maximum atomic E-state index is 5.88. The van der Waals surface area contributed by atoms with E-state index in [0.717, 1.165) is 25.0 Å². The van der Waals surface area contributed by atoms with E-state index < -0.39 is 0 Å². The third kappa shape index (κ3) is 6.77. The highest BCUT2D eigenvalue weighted by Crippen LogP contribution is 2.20. The van der Waals surface area contributed by atoms with Crippen molar-refractivity contribution in [2.75, 3.05) is 6.54 Å². The number of para-hydroxylation sites is 1. The van der Waals surface area contributed by atoms with Gasteiger partial charge in [0.15, 0.2) is 0 Å². The zero-order valence-corrected chi connectivity index (χ0v) is 12.2. The Kier molecular flexibility index (Phi) is 11.9. The van der Waals surface area contributed by atoms with E-state index in [1.807, 2.05) is 18.2 Å². The van der Waals surface area contributed by atoms with Crippen molar-refractivity contribution >= 4 is 24.8 Å². The second kappa shape index (κ2) is 10.7. The largest absolute Gasteiger partial charge is 0.490 e. The molecule has 0 aromatic heterocycles. The van der Waals surface area contributed by atoms with Crippen LogP contribution in [0.2, 0.25) is 0 Å². The number of ether oxygens (including phenoxy) is 1. The summed E-state index contributed by atoms with van der Waals surface area (Å²) in [6, 6.07) is 8.15. The molecule has 0 heterocycles. The molecule has 1 atom stereocenters. The van der Waals surface area contributed by atoms with Gasteiger partial charge in [0.2, 0.25) is 0 Å². The quantitative estimate of drug-likeness (QED) is 0.864. The Bertz CT molecular complexity index is 295. The molecule has 2 nitrogen and oxygen atoms in total. The van der Waals surface area contributed by atoms with E-state index in [-0.39, 0.29) is 30.9 Å². The van der Waals surface area contributed by atoms with Crippen molar-refractivity contribution in [2.45, 2.75) is 39.2 Å². The van der Waals surface area contributed by atoms with Gasteiger partial charge in [-0.3, -0.25) is 0 Å². The van der Waals surface area contributed by atoms with Gasteiger partial charge >= 0.3 is 0 Å². The van der Waals surface area contributed by atoms with Crippen LogP contribution in [0.3, 0.4) is 0 Å². The van der Waals surface area contributed by atoms with Crippen LogP contribution < -0.4 is 10.5 Å². The van der Waals surface area contributed by atoms with E-state index in [9.17, 15) is 0 Å². The molecule has 2 N–H and O–H groups in total. The van der Waals surface area contributed by atoms with Gasteiger partial charge < -0.3 is 10.5 Å². The van der Waals surface area contributed by atoms with Crippen molar-refractivity contribution in [1.29, 1.82) is 0 Å². The van der Waals surface area contributed by atoms with Crippen molar-refractivity contribution in [3.63, 3.8) is 0 Å². The molecule has 0 saturated carbocycles. The maximum Gasteiger partial charge on any atom is 0.122 e. The molecule has 1 unspecified atom stereocenters. The van der Waals surface area contributed by atoms with Crippen molar-refractivity contribution < 1.29 is 4.74 Å². The maximum absolute atomic E-state index is 5.88. The summed E-state index contributed by atoms with van der Waals surface area (Å²) in [5.74, 6) is 0.990. The lowest BCUT2D eigenvalue weighted by Crippen LogP contribution is -2.13. The van der Waals surface area contributed by atoms with Gasteiger partial charge in [0.05, 0.1) is 6.10 Å². The molecule has 1 aromatic carbocycles. The highest BCUT2D eigenvalue weighted by molar-refractivity contribution is 5.85. The minimum Gasteiger partial charge on any atom is -0.490 e. The molecule has 0 radical (unpaired) electrons. The van der Waals surface area contributed by atoms with Crippen LogP contribution in [0.5, 0.6) is 5.75 Å². The topological polar surface area (TPSA) is 35.2 Å². The molecular weight excluding hydrogens is 257 g/mol. The smallest absolute Gasteiger partial charge is 0.122 e. The van der Waals surface area contributed by atoms with Crippen molar-refractivity contribution in [3.8, 4) is 5.75 Å². The molecule has 17 heavy (non-hydrogen) atoms. The Morgan fingerprint density at radius 2 is 1.88 bits per heavy atom. The molecule has 0 aliphatic rings. The second-order valence-corrected chi connectivity index (χ2v) is 3.86. The number of benzene rings is 1. The number of hydrogen-bond acceptors (Lipinski definition) is 2. The lowest BCUT2D eigenvalue weighted by Gasteiger charge is -2.16. The van der Waals surface area contributed by atoms with E-state index in [2.05, 4.69) is 19.9 Å². The number of hydrogen-bond donors (Lipinski definition) is 1. The molecule has 0 aliphatic carbocycles. The van der Waals surface area contributed by atoms with E-state index >= 15 is 0 Å². The standard InChI is InChI=1S/C13H21NO.2ClH/c1-3-6-11(2)15-13-8-5-4-7-12(13)9-10-14;;/h4-5,7-8,11H,3,6,9-10,14H2,1-2H3;2*1H. The van der Waals surface area contributed by atoms with Crippen LogP contribution in [0.15, 0.2) is 24.3 Å². The highest BCUT2D eigenvalue weighted by atomic mass is 35.5. The van der Waals surface area contributed by atoms with Gasteiger partial charge in [0.1, 0.15) is 5.75 Å². The SMILES string of the molecule is CCCC(C)Oc1ccccc1CCN.Cl.Cl. The van der Waals surface area contributed by atoms with Gasteiger partial charge in [0, 0.05) is 0 Å². The van der Waals surface area contributed by atoms with Crippen molar-refractivity contribution in [2.24, 2.45) is 5.73 Å². The molecular formula is C13H23Cl2NO. The predicted molar refractivity (Wildman–Crippen MR) is 78.7 cm³/mol. The Balaban J connectivity index is 0. The molecule has 0 spiro atoms. The van der Waals surface area contributed by atoms with Gasteiger partial charge in [-0.1, -0.05) is 31.5 Å². The van der Waals surface area contributed by atoms with Crippen LogP contribution in [0.25, 0.3) is 0 Å². The van der Waals surface area contributed by atoms with E-state index in [4.69, 9.17) is 10.5 Å². The number of nitrogens with two attached hydrogens (primary N) is 1. The lowest BCUT2D eigenvalue weighted by molar-refractivity contribution is 0.208. The lowest BCUT2D eigenvalue weighted by atomic mass is 10.1. The second-order valence-electron chi connectivity index (χ2n) is 3.86. The first kappa shape index (κ1) is 18.9. The molecule has 0 bridgehead atoms. The van der Waals surface area contributed by atoms with Crippen molar-refractivity contribution in [1.82, 2.24) is 0 Å². The predicted octanol–water partition coefficient (Wildman–Crippen LogP) is 3.60. The summed E-state index contributed by atoms with van der Waals surface area (Å²) in [5.41, 5.74) is 6.77. The van der Waals surface area contributed by atoms with Crippen LogP contribution in [-0.2, 0) is 6.42 Å². The minimum atomic E-state index is 0. The van der Waals surface area contributed by atoms with Gasteiger partial charge in [-0.25, -0.2) is 0 Å². The van der Waals surface area contributed by atoms with Gasteiger partial charge in [-0.05, 0) is 37.9 Å². The van der Waals surface area contributed by atoms with Gasteiger partial charge in [-0.15, -0.1) is 24.8 Å². The molecule has 100 valence electrons. The third-order valence-corrected chi connectivity index (χ3v) is 2.41. The summed E-state index contributed by atoms with van der Waals surface area (Å²) < 4.78 is 5.88. The first-order valence-electron chi connectivity index (χ1n) is 5.72. The Labute approximate surface area is 117 Å². The first-order valence-corrected chi connectivity index (χ1v) is 5.72.